The number of nitrogens with one attached hydrogen (secondary N) is 1. The van der Waals surface area contributed by atoms with E-state index in [4.69, 9.17) is 21.4 Å². The van der Waals surface area contributed by atoms with Gasteiger partial charge in [0.15, 0.2) is 6.61 Å². The van der Waals surface area contributed by atoms with Crippen LogP contribution in [0.15, 0.2) is 42.5 Å². The van der Waals surface area contributed by atoms with E-state index in [9.17, 15) is 9.59 Å². The molecule has 1 amide bonds. The van der Waals surface area contributed by atoms with Gasteiger partial charge in [0.1, 0.15) is 5.75 Å². The normalized spacial score (nSPS) is 11.6. The fourth-order valence-corrected chi connectivity index (χ4v) is 2.59. The number of amides is 1. The van der Waals surface area contributed by atoms with Gasteiger partial charge >= 0.3 is 5.97 Å². The van der Waals surface area contributed by atoms with Gasteiger partial charge in [-0.25, -0.2) is 4.79 Å². The minimum Gasteiger partial charge on any atom is -0.482 e. The van der Waals surface area contributed by atoms with Crippen LogP contribution < -0.4 is 10.1 Å². The first-order valence-corrected chi connectivity index (χ1v) is 8.23. The number of carbonyl (C=O) groups is 2. The van der Waals surface area contributed by atoms with Crippen molar-refractivity contribution in [3.05, 3.63) is 58.6 Å². The molecule has 2 aromatic carbocycles. The lowest BCUT2D eigenvalue weighted by atomic mass is 10.00. The SMILES string of the molecule is Cc1cc(OCC(=O)O)ccc1NC(=O)C(C)Cc1cccc(Cl)c1. The monoisotopic (exact) mass is 361 g/mol. The van der Waals surface area contributed by atoms with Gasteiger partial charge < -0.3 is 15.2 Å². The molecule has 132 valence electrons. The van der Waals surface area contributed by atoms with Gasteiger partial charge in [0.05, 0.1) is 0 Å². The summed E-state index contributed by atoms with van der Waals surface area (Å²) in [7, 11) is 0. The van der Waals surface area contributed by atoms with Gasteiger partial charge in [0.2, 0.25) is 5.91 Å². The molecule has 2 aromatic rings. The fraction of sp³-hybridized carbons (Fsp3) is 0.263. The second-order valence-corrected chi connectivity index (χ2v) is 6.32. The molecule has 2 N–H and O–H groups in total. The number of carboxylic acid groups (broad SMARTS) is 1. The van der Waals surface area contributed by atoms with Crippen molar-refractivity contribution in [3.8, 4) is 5.75 Å². The highest BCUT2D eigenvalue weighted by atomic mass is 35.5. The van der Waals surface area contributed by atoms with Gasteiger partial charge in [0, 0.05) is 16.6 Å². The van der Waals surface area contributed by atoms with Crippen LogP contribution in [0.3, 0.4) is 0 Å². The Morgan fingerprint density at radius 1 is 1.24 bits per heavy atom. The Hall–Kier alpha value is -2.53. The summed E-state index contributed by atoms with van der Waals surface area (Å²) in [6.07, 6.45) is 0.589. The molecule has 0 bridgehead atoms. The summed E-state index contributed by atoms with van der Waals surface area (Å²) in [6, 6.07) is 12.5. The maximum atomic E-state index is 12.4. The highest BCUT2D eigenvalue weighted by Gasteiger charge is 2.15. The van der Waals surface area contributed by atoms with Crippen molar-refractivity contribution in [1.82, 2.24) is 0 Å². The summed E-state index contributed by atoms with van der Waals surface area (Å²) >= 11 is 5.97. The Bertz CT molecular complexity index is 776. The number of halogens is 1. The zero-order chi connectivity index (χ0) is 18.4. The van der Waals surface area contributed by atoms with E-state index in [0.29, 0.717) is 22.9 Å². The molecule has 6 heteroatoms. The van der Waals surface area contributed by atoms with E-state index in [0.717, 1.165) is 11.1 Å². The molecule has 0 aliphatic carbocycles. The van der Waals surface area contributed by atoms with Crippen molar-refractivity contribution in [2.45, 2.75) is 20.3 Å². The third-order valence-electron chi connectivity index (χ3n) is 3.70. The number of benzene rings is 2. The summed E-state index contributed by atoms with van der Waals surface area (Å²) < 4.78 is 5.12. The number of carboxylic acids is 1. The minimum absolute atomic E-state index is 0.0951. The summed E-state index contributed by atoms with van der Waals surface area (Å²) in [5.74, 6) is -0.905. The average molecular weight is 362 g/mol. The van der Waals surface area contributed by atoms with E-state index in [1.165, 1.54) is 0 Å². The van der Waals surface area contributed by atoms with E-state index in [-0.39, 0.29) is 11.8 Å². The molecule has 0 spiro atoms. The number of aliphatic carboxylic acids is 1. The Morgan fingerprint density at radius 3 is 2.64 bits per heavy atom. The Morgan fingerprint density at radius 2 is 2.00 bits per heavy atom. The van der Waals surface area contributed by atoms with Crippen LogP contribution in [0.5, 0.6) is 5.75 Å². The van der Waals surface area contributed by atoms with Gasteiger partial charge in [-0.1, -0.05) is 30.7 Å². The van der Waals surface area contributed by atoms with Crippen LogP contribution in [0.1, 0.15) is 18.1 Å². The zero-order valence-corrected chi connectivity index (χ0v) is 14.8. The van der Waals surface area contributed by atoms with Gasteiger partial charge in [-0.05, 0) is 54.8 Å². The highest BCUT2D eigenvalue weighted by Crippen LogP contribution is 2.22. The maximum Gasteiger partial charge on any atom is 0.341 e. The number of hydrogen-bond acceptors (Lipinski definition) is 3. The van der Waals surface area contributed by atoms with Crippen LogP contribution in [0.25, 0.3) is 0 Å². The lowest BCUT2D eigenvalue weighted by Crippen LogP contribution is -2.22. The molecule has 0 radical (unpaired) electrons. The van der Waals surface area contributed by atoms with Crippen LogP contribution in [-0.2, 0) is 16.0 Å². The molecule has 0 aromatic heterocycles. The number of ether oxygens (including phenoxy) is 1. The summed E-state index contributed by atoms with van der Waals surface area (Å²) in [4.78, 5) is 22.9. The van der Waals surface area contributed by atoms with Crippen LogP contribution >= 0.6 is 11.6 Å². The van der Waals surface area contributed by atoms with Crippen LogP contribution in [-0.4, -0.2) is 23.6 Å². The highest BCUT2D eigenvalue weighted by molar-refractivity contribution is 6.30. The maximum absolute atomic E-state index is 12.4. The van der Waals surface area contributed by atoms with E-state index < -0.39 is 12.6 Å². The second-order valence-electron chi connectivity index (χ2n) is 5.88. The molecule has 0 fully saturated rings. The van der Waals surface area contributed by atoms with Crippen LogP contribution in [0, 0.1) is 12.8 Å². The second kappa shape index (κ2) is 8.53. The molecule has 2 rings (SSSR count). The van der Waals surface area contributed by atoms with E-state index in [1.807, 2.05) is 32.0 Å². The lowest BCUT2D eigenvalue weighted by molar-refractivity contribution is -0.139. The molecule has 5 nitrogen and oxygen atoms in total. The standard InChI is InChI=1S/C19H20ClNO4/c1-12-9-16(25-11-18(22)23)6-7-17(12)21-19(24)13(2)8-14-4-3-5-15(20)10-14/h3-7,9-10,13H,8,11H2,1-2H3,(H,21,24)(H,22,23). The van der Waals surface area contributed by atoms with Gasteiger partial charge in [-0.2, -0.15) is 0 Å². The molecule has 25 heavy (non-hydrogen) atoms. The Labute approximate surface area is 151 Å². The van der Waals surface area contributed by atoms with Gasteiger partial charge in [-0.15, -0.1) is 0 Å². The van der Waals surface area contributed by atoms with E-state index in [2.05, 4.69) is 5.32 Å². The first kappa shape index (κ1) is 18.8. The first-order valence-electron chi connectivity index (χ1n) is 7.85. The third kappa shape index (κ3) is 5.80. The van der Waals surface area contributed by atoms with Crippen molar-refractivity contribution >= 4 is 29.2 Å². The zero-order valence-electron chi connectivity index (χ0n) is 14.1. The predicted molar refractivity (Wildman–Crippen MR) is 97.3 cm³/mol. The molecule has 0 heterocycles. The topological polar surface area (TPSA) is 75.6 Å². The molecule has 1 unspecified atom stereocenters. The van der Waals surface area contributed by atoms with E-state index >= 15 is 0 Å². The number of carbonyl (C=O) groups excluding carboxylic acids is 1. The Balaban J connectivity index is 1.98. The number of rotatable bonds is 7. The number of anilines is 1. The van der Waals surface area contributed by atoms with Crippen molar-refractivity contribution in [2.24, 2.45) is 5.92 Å². The quantitative estimate of drug-likeness (QED) is 0.783. The third-order valence-corrected chi connectivity index (χ3v) is 3.93. The van der Waals surface area contributed by atoms with Gasteiger partial charge in [0.25, 0.3) is 0 Å². The van der Waals surface area contributed by atoms with E-state index in [1.54, 1.807) is 24.3 Å². The number of aryl methyl sites for hydroxylation is 1. The van der Waals surface area contributed by atoms with Crippen molar-refractivity contribution in [1.29, 1.82) is 0 Å². The van der Waals surface area contributed by atoms with Crippen LogP contribution in [0.4, 0.5) is 5.69 Å². The smallest absolute Gasteiger partial charge is 0.341 e. The molecule has 0 saturated heterocycles. The molecular weight excluding hydrogens is 342 g/mol. The largest absolute Gasteiger partial charge is 0.482 e. The van der Waals surface area contributed by atoms with Crippen molar-refractivity contribution in [2.75, 3.05) is 11.9 Å². The molecule has 1 atom stereocenters. The van der Waals surface area contributed by atoms with Gasteiger partial charge in [-0.3, -0.25) is 4.79 Å². The average Bonchev–Trinajstić information content (AvgIpc) is 2.55. The summed E-state index contributed by atoms with van der Waals surface area (Å²) in [5.41, 5.74) is 2.47. The number of hydrogen-bond donors (Lipinski definition) is 2. The predicted octanol–water partition coefficient (Wildman–Crippen LogP) is 3.93. The van der Waals surface area contributed by atoms with Crippen molar-refractivity contribution < 1.29 is 19.4 Å². The summed E-state index contributed by atoms with van der Waals surface area (Å²) in [6.45, 7) is 3.28. The van der Waals surface area contributed by atoms with Crippen LogP contribution in [0.2, 0.25) is 5.02 Å². The fourth-order valence-electron chi connectivity index (χ4n) is 2.38. The molecule has 0 aliphatic rings. The van der Waals surface area contributed by atoms with Crippen molar-refractivity contribution in [3.63, 3.8) is 0 Å². The minimum atomic E-state index is -1.04. The summed E-state index contributed by atoms with van der Waals surface area (Å²) in [5, 5.41) is 12.2. The molecular formula is C19H20ClNO4. The first-order chi connectivity index (χ1) is 11.8. The molecule has 0 saturated carbocycles. The Kier molecular flexibility index (Phi) is 6.42. The lowest BCUT2D eigenvalue weighted by Gasteiger charge is -2.15. The molecule has 0 aliphatic heterocycles.